The maximum atomic E-state index is 12.7. The average Bonchev–Trinajstić information content (AvgIpc) is 2.68. The molecule has 0 saturated carbocycles. The van der Waals surface area contributed by atoms with Gasteiger partial charge >= 0.3 is 0 Å². The number of piperidine rings is 1. The normalized spacial score (nSPS) is 15.1. The van der Waals surface area contributed by atoms with Gasteiger partial charge in [-0.1, -0.05) is 42.3 Å². The predicted molar refractivity (Wildman–Crippen MR) is 117 cm³/mol. The molecule has 1 saturated heterocycles. The monoisotopic (exact) mass is 435 g/mol. The van der Waals surface area contributed by atoms with Crippen molar-refractivity contribution in [2.24, 2.45) is 0 Å². The summed E-state index contributed by atoms with van der Waals surface area (Å²) in [4.78, 5) is 15.1. The minimum atomic E-state index is -3.44. The summed E-state index contributed by atoms with van der Waals surface area (Å²) < 4.78 is 25.2. The summed E-state index contributed by atoms with van der Waals surface area (Å²) in [5.41, 5.74) is 2.79. The van der Waals surface area contributed by atoms with Gasteiger partial charge in [-0.25, -0.2) is 8.42 Å². The van der Waals surface area contributed by atoms with Gasteiger partial charge in [-0.15, -0.1) is 0 Å². The van der Waals surface area contributed by atoms with Gasteiger partial charge in [0.25, 0.3) is 5.91 Å². The molecule has 0 atom stereocenters. The molecule has 1 fully saturated rings. The van der Waals surface area contributed by atoms with Crippen LogP contribution in [0, 0.1) is 0 Å². The van der Waals surface area contributed by atoms with Crippen LogP contribution in [-0.2, 0) is 23.1 Å². The number of amides is 1. The summed E-state index contributed by atoms with van der Waals surface area (Å²) in [5, 5.41) is 3.17. The first-order valence-corrected chi connectivity index (χ1v) is 11.9. The molecule has 0 aromatic heterocycles. The fourth-order valence-corrected chi connectivity index (χ4v) is 4.25. The fraction of sp³-hybridized carbons (Fsp3) is 0.381. The van der Waals surface area contributed by atoms with Crippen molar-refractivity contribution in [2.45, 2.75) is 32.4 Å². The molecule has 3 rings (SSSR count). The van der Waals surface area contributed by atoms with Gasteiger partial charge in [0, 0.05) is 18.8 Å². The molecule has 156 valence electrons. The lowest BCUT2D eigenvalue weighted by atomic mass is 10.0. The number of nitrogens with zero attached hydrogens (tertiary/aromatic N) is 1. The van der Waals surface area contributed by atoms with Crippen molar-refractivity contribution >= 4 is 33.2 Å². The average molecular weight is 436 g/mol. The number of halogens is 1. The number of nitrogens with one attached hydrogen (secondary N) is 2. The molecule has 0 aliphatic carbocycles. The quantitative estimate of drug-likeness (QED) is 0.696. The molecule has 0 unspecified atom stereocenters. The Kier molecular flexibility index (Phi) is 7.16. The van der Waals surface area contributed by atoms with Crippen LogP contribution in [0.2, 0.25) is 5.02 Å². The minimum Gasteiger partial charge on any atom is -0.348 e. The molecule has 1 aliphatic rings. The molecule has 0 spiro atoms. The van der Waals surface area contributed by atoms with Crippen molar-refractivity contribution in [3.63, 3.8) is 0 Å². The van der Waals surface area contributed by atoms with E-state index in [0.717, 1.165) is 31.5 Å². The molecule has 2 aromatic carbocycles. The first-order valence-electron chi connectivity index (χ1n) is 9.66. The number of benzene rings is 2. The highest BCUT2D eigenvalue weighted by atomic mass is 35.5. The van der Waals surface area contributed by atoms with Crippen molar-refractivity contribution in [3.8, 4) is 0 Å². The molecule has 8 heteroatoms. The zero-order valence-corrected chi connectivity index (χ0v) is 18.0. The zero-order valence-electron chi connectivity index (χ0n) is 16.4. The van der Waals surface area contributed by atoms with Crippen LogP contribution in [0.3, 0.4) is 0 Å². The second kappa shape index (κ2) is 9.61. The van der Waals surface area contributed by atoms with Crippen LogP contribution >= 0.6 is 11.6 Å². The van der Waals surface area contributed by atoms with E-state index in [4.69, 9.17) is 11.6 Å². The molecule has 0 bridgehead atoms. The van der Waals surface area contributed by atoms with Crippen LogP contribution in [0.15, 0.2) is 42.5 Å². The maximum absolute atomic E-state index is 12.7. The zero-order chi connectivity index (χ0) is 20.9. The lowest BCUT2D eigenvalue weighted by Gasteiger charge is -2.27. The van der Waals surface area contributed by atoms with Crippen LogP contribution in [0.25, 0.3) is 0 Å². The van der Waals surface area contributed by atoms with E-state index < -0.39 is 10.0 Å². The van der Waals surface area contributed by atoms with Crippen molar-refractivity contribution < 1.29 is 13.2 Å². The van der Waals surface area contributed by atoms with Gasteiger partial charge in [0.05, 0.1) is 16.8 Å². The summed E-state index contributed by atoms with van der Waals surface area (Å²) in [6.45, 7) is 3.47. The number of hydrogen-bond acceptors (Lipinski definition) is 4. The molecular formula is C21H26ClN3O3S. The van der Waals surface area contributed by atoms with E-state index in [2.05, 4.69) is 21.0 Å². The number of carbonyl (C=O) groups excluding carboxylic acids is 1. The molecule has 1 amide bonds. The summed E-state index contributed by atoms with van der Waals surface area (Å²) in [5.74, 6) is -0.347. The van der Waals surface area contributed by atoms with E-state index >= 15 is 0 Å². The number of hydrogen-bond donors (Lipinski definition) is 2. The lowest BCUT2D eigenvalue weighted by Crippen LogP contribution is -2.30. The van der Waals surface area contributed by atoms with Crippen LogP contribution in [-0.4, -0.2) is 38.6 Å². The summed E-state index contributed by atoms with van der Waals surface area (Å²) in [7, 11) is -3.44. The fourth-order valence-electron chi connectivity index (χ4n) is 3.49. The molecule has 2 N–H and O–H groups in total. The lowest BCUT2D eigenvalue weighted by molar-refractivity contribution is 0.0951. The molecule has 6 nitrogen and oxygen atoms in total. The largest absolute Gasteiger partial charge is 0.348 e. The van der Waals surface area contributed by atoms with Crippen molar-refractivity contribution in [1.29, 1.82) is 0 Å². The van der Waals surface area contributed by atoms with E-state index in [1.165, 1.54) is 43.0 Å². The summed E-state index contributed by atoms with van der Waals surface area (Å²) in [6, 6.07) is 12.6. The number of rotatable bonds is 7. The van der Waals surface area contributed by atoms with E-state index in [1.54, 1.807) is 0 Å². The Morgan fingerprint density at radius 3 is 2.45 bits per heavy atom. The number of carbonyl (C=O) groups is 1. The SMILES string of the molecule is CS(=O)(=O)Nc1ccc(Cl)c(C(=O)NCc2ccccc2CN2CCCCC2)c1. The minimum absolute atomic E-state index is 0.230. The topological polar surface area (TPSA) is 78.5 Å². The molecular weight excluding hydrogens is 410 g/mol. The summed E-state index contributed by atoms with van der Waals surface area (Å²) in [6.07, 6.45) is 4.81. The molecule has 0 radical (unpaired) electrons. The Morgan fingerprint density at radius 2 is 1.76 bits per heavy atom. The third kappa shape index (κ3) is 6.45. The van der Waals surface area contributed by atoms with Crippen molar-refractivity contribution in [1.82, 2.24) is 10.2 Å². The van der Waals surface area contributed by atoms with Gasteiger partial charge in [0.1, 0.15) is 0 Å². The third-order valence-electron chi connectivity index (χ3n) is 4.91. The predicted octanol–water partition coefficient (Wildman–Crippen LogP) is 3.63. The van der Waals surface area contributed by atoms with E-state index in [-0.39, 0.29) is 16.5 Å². The Morgan fingerprint density at radius 1 is 1.07 bits per heavy atom. The molecule has 1 heterocycles. The van der Waals surface area contributed by atoms with Crippen LogP contribution < -0.4 is 10.0 Å². The second-order valence-corrected chi connectivity index (χ2v) is 9.51. The Labute approximate surface area is 177 Å². The number of sulfonamides is 1. The van der Waals surface area contributed by atoms with Gasteiger partial charge < -0.3 is 5.32 Å². The van der Waals surface area contributed by atoms with Crippen LogP contribution in [0.5, 0.6) is 0 Å². The smallest absolute Gasteiger partial charge is 0.253 e. The van der Waals surface area contributed by atoms with Gasteiger partial charge in [0.15, 0.2) is 0 Å². The van der Waals surface area contributed by atoms with Gasteiger partial charge in [-0.2, -0.15) is 0 Å². The Bertz CT molecular complexity index is 973. The van der Waals surface area contributed by atoms with Gasteiger partial charge in [0.2, 0.25) is 10.0 Å². The van der Waals surface area contributed by atoms with E-state index in [9.17, 15) is 13.2 Å². The third-order valence-corrected chi connectivity index (χ3v) is 5.85. The Balaban J connectivity index is 1.69. The van der Waals surface area contributed by atoms with Gasteiger partial charge in [-0.05, 0) is 55.3 Å². The molecule has 29 heavy (non-hydrogen) atoms. The summed E-state index contributed by atoms with van der Waals surface area (Å²) >= 11 is 6.16. The van der Waals surface area contributed by atoms with E-state index in [1.807, 2.05) is 18.2 Å². The highest BCUT2D eigenvalue weighted by Crippen LogP contribution is 2.22. The van der Waals surface area contributed by atoms with Crippen LogP contribution in [0.1, 0.15) is 40.7 Å². The number of likely N-dealkylation sites (tertiary alicyclic amines) is 1. The van der Waals surface area contributed by atoms with Crippen molar-refractivity contribution in [2.75, 3.05) is 24.1 Å². The first-order chi connectivity index (χ1) is 13.8. The maximum Gasteiger partial charge on any atom is 0.253 e. The Hall–Kier alpha value is -2.09. The highest BCUT2D eigenvalue weighted by Gasteiger charge is 2.15. The van der Waals surface area contributed by atoms with E-state index in [0.29, 0.717) is 12.2 Å². The molecule has 1 aliphatic heterocycles. The second-order valence-electron chi connectivity index (χ2n) is 7.36. The standard InChI is InChI=1S/C21H26ClN3O3S/c1-29(27,28)24-18-9-10-20(22)19(13-18)21(26)23-14-16-7-3-4-8-17(16)15-25-11-5-2-6-12-25/h3-4,7-10,13,24H,2,5-6,11-12,14-15H2,1H3,(H,23,26). The number of anilines is 1. The van der Waals surface area contributed by atoms with Crippen molar-refractivity contribution in [3.05, 3.63) is 64.2 Å². The molecule has 2 aromatic rings. The van der Waals surface area contributed by atoms with Gasteiger partial charge in [-0.3, -0.25) is 14.4 Å². The first kappa shape index (κ1) is 21.6. The highest BCUT2D eigenvalue weighted by molar-refractivity contribution is 7.92. The van der Waals surface area contributed by atoms with Crippen LogP contribution in [0.4, 0.5) is 5.69 Å².